The second-order valence-corrected chi connectivity index (χ2v) is 28.8. The molecule has 0 heterocycles. The maximum absolute atomic E-state index is 12.9. The number of unbranched alkanes of at least 4 members (excludes halogenated alkanes) is 38. The Morgan fingerprint density at radius 3 is 0.904 bits per heavy atom. The number of rotatable bonds is 72. The molecule has 0 saturated carbocycles. The summed E-state index contributed by atoms with van der Waals surface area (Å²) in [5.41, 5.74) is 0. The first-order valence-corrected chi connectivity index (χ1v) is 40.8. The first kappa shape index (κ1) is 90.4. The molecule has 0 aliphatic rings. The Hall–Kier alpha value is -3.59. The van der Waals surface area contributed by atoms with Gasteiger partial charge in [-0.05, 0) is 89.9 Å². The summed E-state index contributed by atoms with van der Waals surface area (Å²) in [4.78, 5) is 36.0. The third-order valence-corrected chi connectivity index (χ3v) is 18.0. The Balaban J connectivity index is 4.03. The molecule has 0 aliphatic heterocycles. The molecule has 0 saturated heterocycles. The van der Waals surface area contributed by atoms with Crippen molar-refractivity contribution in [2.75, 3.05) is 47.5 Å². The van der Waals surface area contributed by atoms with Crippen molar-refractivity contribution in [1.29, 1.82) is 0 Å². The highest BCUT2D eigenvalue weighted by Crippen LogP contribution is 2.43. The fourth-order valence-electron chi connectivity index (χ4n) is 11.0. The Labute approximate surface area is 581 Å². The maximum atomic E-state index is 12.9. The van der Waals surface area contributed by atoms with E-state index in [4.69, 9.17) is 18.5 Å². The van der Waals surface area contributed by atoms with Gasteiger partial charge in [-0.2, -0.15) is 0 Å². The number of phosphoric ester groups is 1. The third-order valence-electron chi connectivity index (χ3n) is 17.0. The van der Waals surface area contributed by atoms with Crippen LogP contribution >= 0.6 is 7.82 Å². The summed E-state index contributed by atoms with van der Waals surface area (Å²) in [6, 6.07) is 0. The average Bonchev–Trinajstić information content (AvgIpc) is 1.57. The molecule has 94 heavy (non-hydrogen) atoms. The van der Waals surface area contributed by atoms with Gasteiger partial charge < -0.3 is 18.9 Å². The van der Waals surface area contributed by atoms with Gasteiger partial charge in [0.2, 0.25) is 0 Å². The van der Waals surface area contributed by atoms with Crippen molar-refractivity contribution in [3.63, 3.8) is 0 Å². The van der Waals surface area contributed by atoms with Crippen molar-refractivity contribution in [1.82, 2.24) is 0 Å². The molecule has 0 fully saturated rings. The van der Waals surface area contributed by atoms with Crippen LogP contribution in [0.15, 0.2) is 122 Å². The molecular formula is C84H149NO8P+. The van der Waals surface area contributed by atoms with Crippen LogP contribution < -0.4 is 0 Å². The van der Waals surface area contributed by atoms with Crippen molar-refractivity contribution in [3.8, 4) is 0 Å². The first-order valence-electron chi connectivity index (χ1n) is 39.3. The van der Waals surface area contributed by atoms with Gasteiger partial charge >= 0.3 is 19.8 Å². The summed E-state index contributed by atoms with van der Waals surface area (Å²) >= 11 is 0. The largest absolute Gasteiger partial charge is 0.472 e. The molecule has 0 amide bonds. The predicted octanol–water partition coefficient (Wildman–Crippen LogP) is 26.2. The van der Waals surface area contributed by atoms with Crippen molar-refractivity contribution in [2.24, 2.45) is 0 Å². The van der Waals surface area contributed by atoms with Gasteiger partial charge in [0.15, 0.2) is 6.10 Å². The monoisotopic (exact) mass is 1330 g/mol. The van der Waals surface area contributed by atoms with Crippen molar-refractivity contribution in [3.05, 3.63) is 122 Å². The topological polar surface area (TPSA) is 108 Å². The Kier molecular flexibility index (Phi) is 70.8. The van der Waals surface area contributed by atoms with Crippen LogP contribution in [0.25, 0.3) is 0 Å². The molecule has 0 radical (unpaired) electrons. The van der Waals surface area contributed by atoms with E-state index in [1.54, 1.807) is 0 Å². The van der Waals surface area contributed by atoms with Gasteiger partial charge in [0.1, 0.15) is 19.8 Å². The predicted molar refractivity (Wildman–Crippen MR) is 408 cm³/mol. The highest BCUT2D eigenvalue weighted by atomic mass is 31.2. The maximum Gasteiger partial charge on any atom is 0.472 e. The van der Waals surface area contributed by atoms with E-state index in [0.717, 1.165) is 109 Å². The number of quaternary nitrogens is 1. The third kappa shape index (κ3) is 77.4. The number of nitrogens with zero attached hydrogens (tertiary/aromatic N) is 1. The number of carbonyl (C=O) groups is 2. The van der Waals surface area contributed by atoms with Crippen LogP contribution in [0.2, 0.25) is 0 Å². The zero-order valence-corrected chi connectivity index (χ0v) is 62.8. The molecular weight excluding hydrogens is 1180 g/mol. The fourth-order valence-corrected chi connectivity index (χ4v) is 11.8. The number of hydrogen-bond donors (Lipinski definition) is 1. The van der Waals surface area contributed by atoms with E-state index < -0.39 is 26.5 Å². The lowest BCUT2D eigenvalue weighted by molar-refractivity contribution is -0.870. The molecule has 542 valence electrons. The molecule has 0 aromatic carbocycles. The molecule has 2 unspecified atom stereocenters. The number of carbonyl (C=O) groups excluding carboxylic acids is 2. The minimum atomic E-state index is -4.40. The van der Waals surface area contributed by atoms with Crippen LogP contribution in [0.1, 0.15) is 348 Å². The molecule has 0 rings (SSSR count). The zero-order chi connectivity index (χ0) is 68.3. The summed E-state index contributed by atoms with van der Waals surface area (Å²) in [7, 11) is 1.48. The van der Waals surface area contributed by atoms with E-state index in [0.29, 0.717) is 17.4 Å². The van der Waals surface area contributed by atoms with Crippen LogP contribution in [-0.4, -0.2) is 74.9 Å². The standard InChI is InChI=1S/C84H148NO8P/c1-6-8-10-12-14-16-18-20-22-24-26-28-30-32-34-36-37-38-39-40-41-42-43-44-45-46-47-49-51-53-55-57-59-61-63-65-67-69-71-73-75-77-84(87)93-82(81-92-94(88,89)91-79-78-85(3,4)5)80-90-83(86)76-74-72-70-68-66-64-62-60-58-56-54-52-50-48-35-33-31-29-27-25-23-21-19-17-15-13-11-9-7-2/h8,10,14,16,20,22,26,28,32,34,37-38,40-41,43-44,46-47,51,53,82H,6-7,9,11-13,15,17-19,21,23-25,27,29-31,33,35-36,39,42,45,48-50,52,54-81H2,1-5H3/p+1/b10-8-,16-14-,22-20-,28-26-,34-32-,38-37-,41-40-,44-43-,47-46-,53-51-. The van der Waals surface area contributed by atoms with E-state index in [1.165, 1.54) is 205 Å². The van der Waals surface area contributed by atoms with Crippen LogP contribution in [0, 0.1) is 0 Å². The fraction of sp³-hybridized carbons (Fsp3) is 0.738. The van der Waals surface area contributed by atoms with Gasteiger partial charge in [-0.1, -0.05) is 367 Å². The lowest BCUT2D eigenvalue weighted by atomic mass is 10.0. The summed E-state index contributed by atoms with van der Waals surface area (Å²) < 4.78 is 34.8. The van der Waals surface area contributed by atoms with Gasteiger partial charge in [-0.15, -0.1) is 0 Å². The molecule has 1 N–H and O–H groups in total. The SMILES string of the molecule is CC/C=C\C/C=C\C/C=C\C/C=C\C/C=C\C/C=C\C/C=C\C/C=C\C/C=C\C/C=C\CCCCCCCCCCCCC(=O)OC(COC(=O)CCCCCCCCCCCCCCCCCCCCCCCCCCCCCCC)COP(=O)(O)OCC[N+](C)(C)C. The molecule has 0 aromatic heterocycles. The van der Waals surface area contributed by atoms with Gasteiger partial charge in [0.05, 0.1) is 27.7 Å². The smallest absolute Gasteiger partial charge is 0.462 e. The molecule has 0 aromatic rings. The Morgan fingerprint density at radius 1 is 0.340 bits per heavy atom. The number of ether oxygens (including phenoxy) is 2. The normalized spacial score (nSPS) is 13.7. The van der Waals surface area contributed by atoms with Crippen molar-refractivity contribution >= 4 is 19.8 Å². The first-order chi connectivity index (χ1) is 46.0. The lowest BCUT2D eigenvalue weighted by Crippen LogP contribution is -2.37. The quantitative estimate of drug-likeness (QED) is 0.0211. The molecule has 0 bridgehead atoms. The second-order valence-electron chi connectivity index (χ2n) is 27.4. The second kappa shape index (κ2) is 73.7. The number of hydrogen-bond acceptors (Lipinski definition) is 7. The molecule has 10 heteroatoms. The highest BCUT2D eigenvalue weighted by Gasteiger charge is 2.27. The molecule has 0 spiro atoms. The Bertz CT molecular complexity index is 2010. The van der Waals surface area contributed by atoms with E-state index in [-0.39, 0.29) is 32.0 Å². The number of likely N-dealkylation sites (N-methyl/N-ethyl adjacent to an activating group) is 1. The lowest BCUT2D eigenvalue weighted by Gasteiger charge is -2.24. The van der Waals surface area contributed by atoms with Gasteiger partial charge in [-0.3, -0.25) is 18.6 Å². The van der Waals surface area contributed by atoms with Crippen LogP contribution in [0.4, 0.5) is 0 Å². The van der Waals surface area contributed by atoms with E-state index in [1.807, 2.05) is 21.1 Å². The van der Waals surface area contributed by atoms with Crippen molar-refractivity contribution < 1.29 is 42.1 Å². The molecule has 2 atom stereocenters. The average molecular weight is 1330 g/mol. The minimum absolute atomic E-state index is 0.0279. The minimum Gasteiger partial charge on any atom is -0.462 e. The van der Waals surface area contributed by atoms with Crippen LogP contribution in [0.5, 0.6) is 0 Å². The van der Waals surface area contributed by atoms with Gasteiger partial charge in [0, 0.05) is 12.8 Å². The van der Waals surface area contributed by atoms with Crippen LogP contribution in [-0.2, 0) is 32.7 Å². The van der Waals surface area contributed by atoms with Gasteiger partial charge in [-0.25, -0.2) is 4.57 Å². The van der Waals surface area contributed by atoms with E-state index in [2.05, 4.69) is 135 Å². The molecule has 9 nitrogen and oxygen atoms in total. The zero-order valence-electron chi connectivity index (χ0n) is 61.9. The summed E-state index contributed by atoms with van der Waals surface area (Å²) in [6.07, 6.45) is 106. The van der Waals surface area contributed by atoms with Gasteiger partial charge in [0.25, 0.3) is 0 Å². The summed E-state index contributed by atoms with van der Waals surface area (Å²) in [6.45, 7) is 4.36. The number of phosphoric acid groups is 1. The molecule has 0 aliphatic carbocycles. The summed E-state index contributed by atoms with van der Waals surface area (Å²) in [5, 5.41) is 0. The number of allylic oxidation sites excluding steroid dienone is 20. The van der Waals surface area contributed by atoms with E-state index in [9.17, 15) is 19.0 Å². The van der Waals surface area contributed by atoms with Crippen LogP contribution in [0.3, 0.4) is 0 Å². The number of esters is 2. The highest BCUT2D eigenvalue weighted by molar-refractivity contribution is 7.47. The van der Waals surface area contributed by atoms with E-state index >= 15 is 0 Å². The summed E-state index contributed by atoms with van der Waals surface area (Å²) in [5.74, 6) is -0.793. The Morgan fingerprint density at radius 2 is 0.606 bits per heavy atom. The van der Waals surface area contributed by atoms with Crippen molar-refractivity contribution in [2.45, 2.75) is 354 Å².